The van der Waals surface area contributed by atoms with E-state index >= 15 is 0 Å². The highest BCUT2D eigenvalue weighted by atomic mass is 35.5. The number of rotatable bonds is 0. The summed E-state index contributed by atoms with van der Waals surface area (Å²) in [5, 5.41) is 11.6. The predicted molar refractivity (Wildman–Crippen MR) is 72.2 cm³/mol. The van der Waals surface area contributed by atoms with E-state index < -0.39 is 0 Å². The number of hydrogen-bond acceptors (Lipinski definition) is 3. The first kappa shape index (κ1) is 11.0. The summed E-state index contributed by atoms with van der Waals surface area (Å²) in [5.41, 5.74) is 0.399. The van der Waals surface area contributed by atoms with Gasteiger partial charge in [-0.2, -0.15) is 0 Å². The van der Waals surface area contributed by atoms with Crippen molar-refractivity contribution in [2.75, 3.05) is 0 Å². The summed E-state index contributed by atoms with van der Waals surface area (Å²) >= 11 is 5.87. The van der Waals surface area contributed by atoms with Gasteiger partial charge in [0.1, 0.15) is 5.75 Å². The Morgan fingerprint density at radius 2 is 1.83 bits per heavy atom. The van der Waals surface area contributed by atoms with Crippen LogP contribution < -0.4 is 5.43 Å². The highest BCUT2D eigenvalue weighted by molar-refractivity contribution is 6.31. The Kier molecular flexibility index (Phi) is 2.42. The van der Waals surface area contributed by atoms with Gasteiger partial charge in [-0.15, -0.1) is 0 Å². The molecular weight excluding hydrogens is 250 g/mol. The fraction of sp³-hybridized carbons (Fsp3) is 0. The van der Waals surface area contributed by atoms with E-state index in [1.807, 2.05) is 0 Å². The highest BCUT2D eigenvalue weighted by Crippen LogP contribution is 2.20. The van der Waals surface area contributed by atoms with Crippen molar-refractivity contribution in [3.8, 4) is 5.75 Å². The first-order valence-electron chi connectivity index (χ1n) is 5.36. The molecular formula is C14H8ClNO2. The number of phenolic OH excluding ortho intramolecular Hbond substituents is 1. The van der Waals surface area contributed by atoms with Crippen LogP contribution in [0.25, 0.3) is 21.7 Å². The molecule has 1 heterocycles. The second kappa shape index (κ2) is 3.96. The zero-order valence-electron chi connectivity index (χ0n) is 9.22. The van der Waals surface area contributed by atoms with Gasteiger partial charge in [0.2, 0.25) is 0 Å². The minimum Gasteiger partial charge on any atom is -0.508 e. The predicted octanol–water partition coefficient (Wildman–Crippen LogP) is 3.11. The minimum absolute atomic E-state index is 0.0638. The Bertz CT molecular complexity index is 763. The van der Waals surface area contributed by atoms with E-state index in [1.165, 1.54) is 12.3 Å². The van der Waals surface area contributed by atoms with E-state index in [9.17, 15) is 9.90 Å². The van der Waals surface area contributed by atoms with Crippen LogP contribution in [-0.2, 0) is 0 Å². The van der Waals surface area contributed by atoms with Crippen LogP contribution in [0.15, 0.2) is 47.4 Å². The smallest absolute Gasteiger partial charge is 0.195 e. The Hall–Kier alpha value is -2.13. The fourth-order valence-corrected chi connectivity index (χ4v) is 2.12. The van der Waals surface area contributed by atoms with Gasteiger partial charge in [0.05, 0.1) is 10.5 Å². The molecule has 0 unspecified atom stereocenters. The van der Waals surface area contributed by atoms with Crippen LogP contribution in [0.2, 0.25) is 5.02 Å². The van der Waals surface area contributed by atoms with Gasteiger partial charge in [0.15, 0.2) is 5.43 Å². The van der Waals surface area contributed by atoms with E-state index in [0.29, 0.717) is 21.3 Å². The van der Waals surface area contributed by atoms with Gasteiger partial charge in [-0.25, -0.2) is 0 Å². The molecule has 18 heavy (non-hydrogen) atoms. The second-order valence-corrected chi connectivity index (χ2v) is 4.46. The average molecular weight is 258 g/mol. The van der Waals surface area contributed by atoms with Crippen molar-refractivity contribution in [2.45, 2.75) is 0 Å². The van der Waals surface area contributed by atoms with Crippen LogP contribution in [0.4, 0.5) is 0 Å². The molecule has 1 aromatic heterocycles. The molecule has 0 aliphatic carbocycles. The highest BCUT2D eigenvalue weighted by Gasteiger charge is 2.04. The molecule has 3 aromatic rings. The number of benzene rings is 1. The lowest BCUT2D eigenvalue weighted by molar-refractivity contribution is 0.476. The van der Waals surface area contributed by atoms with Crippen molar-refractivity contribution >= 4 is 33.3 Å². The molecule has 0 spiro atoms. The number of fused-ring (bicyclic) bond motifs is 2. The molecule has 0 aliphatic rings. The van der Waals surface area contributed by atoms with Crippen LogP contribution in [0.1, 0.15) is 0 Å². The minimum atomic E-state index is -0.184. The van der Waals surface area contributed by atoms with Gasteiger partial charge in [0, 0.05) is 17.0 Å². The number of hydrogen-bond donors (Lipinski definition) is 1. The summed E-state index contributed by atoms with van der Waals surface area (Å²) in [5.74, 6) is 0.0638. The topological polar surface area (TPSA) is 50.2 Å². The molecule has 0 atom stereocenters. The number of halogens is 1. The van der Waals surface area contributed by atoms with Crippen LogP contribution in [0.3, 0.4) is 0 Å². The summed E-state index contributed by atoms with van der Waals surface area (Å²) in [4.78, 5) is 16.5. The van der Waals surface area contributed by atoms with Crippen molar-refractivity contribution in [3.63, 3.8) is 0 Å². The SMILES string of the molecule is O=c1c2cc(O)ccc2ccc2ncc(Cl)cc12. The van der Waals surface area contributed by atoms with Crippen molar-refractivity contribution in [2.24, 2.45) is 0 Å². The maximum atomic E-state index is 12.4. The van der Waals surface area contributed by atoms with Gasteiger partial charge < -0.3 is 5.11 Å². The zero-order valence-corrected chi connectivity index (χ0v) is 9.98. The molecule has 0 saturated heterocycles. The van der Waals surface area contributed by atoms with Gasteiger partial charge in [-0.1, -0.05) is 23.7 Å². The van der Waals surface area contributed by atoms with Crippen LogP contribution in [0.5, 0.6) is 5.75 Å². The zero-order chi connectivity index (χ0) is 12.7. The van der Waals surface area contributed by atoms with E-state index in [-0.39, 0.29) is 11.2 Å². The van der Waals surface area contributed by atoms with Crippen molar-refractivity contribution in [3.05, 3.63) is 57.8 Å². The van der Waals surface area contributed by atoms with Gasteiger partial charge in [-0.3, -0.25) is 9.78 Å². The largest absolute Gasteiger partial charge is 0.508 e. The third-order valence-corrected chi connectivity index (χ3v) is 3.04. The summed E-state index contributed by atoms with van der Waals surface area (Å²) in [7, 11) is 0. The Morgan fingerprint density at radius 1 is 1.06 bits per heavy atom. The Labute approximate surface area is 107 Å². The Balaban J connectivity index is 2.62. The molecule has 3 nitrogen and oxygen atoms in total. The molecule has 0 bridgehead atoms. The van der Waals surface area contributed by atoms with E-state index in [2.05, 4.69) is 4.98 Å². The maximum absolute atomic E-state index is 12.4. The maximum Gasteiger partial charge on any atom is 0.195 e. The number of aromatic hydroxyl groups is 1. The van der Waals surface area contributed by atoms with Crippen molar-refractivity contribution in [1.29, 1.82) is 0 Å². The molecule has 4 heteroatoms. The number of aromatic nitrogens is 1. The third kappa shape index (κ3) is 1.69. The summed E-state index contributed by atoms with van der Waals surface area (Å²) in [6, 6.07) is 9.87. The first-order valence-corrected chi connectivity index (χ1v) is 5.74. The van der Waals surface area contributed by atoms with Gasteiger partial charge >= 0.3 is 0 Å². The average Bonchev–Trinajstić information content (AvgIpc) is 2.49. The number of phenols is 1. The van der Waals surface area contributed by atoms with Crippen molar-refractivity contribution in [1.82, 2.24) is 4.98 Å². The van der Waals surface area contributed by atoms with E-state index in [0.717, 1.165) is 5.39 Å². The standard InChI is InChI=1S/C14H8ClNO2/c15-9-5-12-13(16-7-9)4-2-8-1-3-10(17)6-11(8)14(12)18/h1-7,17H. The fourth-order valence-electron chi connectivity index (χ4n) is 1.96. The quantitative estimate of drug-likeness (QED) is 0.673. The molecule has 0 saturated carbocycles. The van der Waals surface area contributed by atoms with Crippen molar-refractivity contribution < 1.29 is 5.11 Å². The lowest BCUT2D eigenvalue weighted by atomic mass is 10.1. The summed E-state index contributed by atoms with van der Waals surface area (Å²) in [6.07, 6.45) is 1.51. The lowest BCUT2D eigenvalue weighted by Crippen LogP contribution is -1.98. The van der Waals surface area contributed by atoms with Gasteiger partial charge in [0.25, 0.3) is 0 Å². The first-order chi connectivity index (χ1) is 8.65. The molecule has 0 radical (unpaired) electrons. The van der Waals surface area contributed by atoms with Crippen LogP contribution >= 0.6 is 11.6 Å². The Morgan fingerprint density at radius 3 is 2.67 bits per heavy atom. The van der Waals surface area contributed by atoms with E-state index in [1.54, 1.807) is 30.3 Å². The number of nitrogens with zero attached hydrogens (tertiary/aromatic N) is 1. The summed E-state index contributed by atoms with van der Waals surface area (Å²) < 4.78 is 0. The monoisotopic (exact) mass is 257 g/mol. The normalized spacial score (nSPS) is 10.9. The molecule has 1 N–H and O–H groups in total. The third-order valence-electron chi connectivity index (χ3n) is 2.83. The van der Waals surface area contributed by atoms with Crippen LogP contribution in [0, 0.1) is 0 Å². The molecule has 0 fully saturated rings. The molecule has 3 rings (SSSR count). The molecule has 0 amide bonds. The number of pyridine rings is 1. The van der Waals surface area contributed by atoms with Gasteiger partial charge in [-0.05, 0) is 29.7 Å². The lowest BCUT2D eigenvalue weighted by Gasteiger charge is -1.94. The molecule has 0 aliphatic heterocycles. The molecule has 88 valence electrons. The van der Waals surface area contributed by atoms with Crippen LogP contribution in [-0.4, -0.2) is 10.1 Å². The van der Waals surface area contributed by atoms with E-state index in [4.69, 9.17) is 11.6 Å². The summed E-state index contributed by atoms with van der Waals surface area (Å²) in [6.45, 7) is 0. The molecule has 2 aromatic carbocycles. The second-order valence-electron chi connectivity index (χ2n) is 4.02.